The molecule has 0 bridgehead atoms. The third-order valence-corrected chi connectivity index (χ3v) is 2.99. The Morgan fingerprint density at radius 3 is 2.00 bits per heavy atom. The van der Waals surface area contributed by atoms with Crippen LogP contribution in [0.1, 0.15) is 47.5 Å². The van der Waals surface area contributed by atoms with Gasteiger partial charge in [-0.05, 0) is 34.1 Å². The van der Waals surface area contributed by atoms with E-state index in [0.29, 0.717) is 6.42 Å². The van der Waals surface area contributed by atoms with Gasteiger partial charge >= 0.3 is 12.1 Å². The number of hydrogen-bond acceptors (Lipinski definition) is 4. The maximum absolute atomic E-state index is 12.0. The minimum absolute atomic E-state index is 0.149. The molecule has 106 valence electrons. The molecule has 0 radical (unpaired) electrons. The van der Waals surface area contributed by atoms with Crippen LogP contribution in [-0.2, 0) is 14.3 Å². The van der Waals surface area contributed by atoms with Crippen LogP contribution < -0.4 is 0 Å². The lowest BCUT2D eigenvalue weighted by molar-refractivity contribution is -0.143. The molecular formula is C13H25NO4. The topological polar surface area (TPSA) is 55.8 Å². The fourth-order valence-electron chi connectivity index (χ4n) is 1.41. The van der Waals surface area contributed by atoms with Crippen LogP contribution in [0.2, 0.25) is 0 Å². The second-order valence-electron chi connectivity index (χ2n) is 5.64. The van der Waals surface area contributed by atoms with Gasteiger partial charge in [0.05, 0.1) is 19.1 Å². The quantitative estimate of drug-likeness (QED) is 0.728. The van der Waals surface area contributed by atoms with E-state index in [2.05, 4.69) is 4.74 Å². The van der Waals surface area contributed by atoms with Gasteiger partial charge in [0, 0.05) is 7.05 Å². The molecule has 0 spiro atoms. The van der Waals surface area contributed by atoms with Crippen molar-refractivity contribution < 1.29 is 19.1 Å². The highest BCUT2D eigenvalue weighted by Crippen LogP contribution is 2.24. The molecule has 5 nitrogen and oxygen atoms in total. The van der Waals surface area contributed by atoms with Gasteiger partial charge in [-0.2, -0.15) is 0 Å². The van der Waals surface area contributed by atoms with Crippen LogP contribution in [0.3, 0.4) is 0 Å². The number of rotatable bonds is 4. The Morgan fingerprint density at radius 2 is 1.67 bits per heavy atom. The summed E-state index contributed by atoms with van der Waals surface area (Å²) in [5.74, 6) is -0.338. The van der Waals surface area contributed by atoms with E-state index < -0.39 is 17.2 Å². The summed E-state index contributed by atoms with van der Waals surface area (Å²) in [5.41, 5.74) is -1.15. The first-order valence-corrected chi connectivity index (χ1v) is 6.09. The summed E-state index contributed by atoms with van der Waals surface area (Å²) in [7, 11) is 2.98. The van der Waals surface area contributed by atoms with Crippen molar-refractivity contribution in [3.63, 3.8) is 0 Å². The summed E-state index contributed by atoms with van der Waals surface area (Å²) in [6.45, 7) is 9.19. The minimum Gasteiger partial charge on any atom is -0.469 e. The fourth-order valence-corrected chi connectivity index (χ4v) is 1.41. The largest absolute Gasteiger partial charge is 0.469 e. The molecule has 0 aliphatic rings. The summed E-state index contributed by atoms with van der Waals surface area (Å²) in [6, 6.07) is 0. The molecule has 0 aromatic carbocycles. The van der Waals surface area contributed by atoms with Gasteiger partial charge in [0.25, 0.3) is 0 Å². The number of ether oxygens (including phenoxy) is 2. The molecule has 0 fully saturated rings. The van der Waals surface area contributed by atoms with Crippen molar-refractivity contribution in [2.24, 2.45) is 0 Å². The third kappa shape index (κ3) is 4.94. The van der Waals surface area contributed by atoms with E-state index in [1.54, 1.807) is 7.05 Å². The highest BCUT2D eigenvalue weighted by molar-refractivity contribution is 5.74. The Morgan fingerprint density at radius 1 is 1.17 bits per heavy atom. The lowest BCUT2D eigenvalue weighted by Crippen LogP contribution is -2.50. The van der Waals surface area contributed by atoms with Crippen LogP contribution in [0.25, 0.3) is 0 Å². The van der Waals surface area contributed by atoms with Gasteiger partial charge in [0.1, 0.15) is 5.60 Å². The van der Waals surface area contributed by atoms with Gasteiger partial charge in [-0.25, -0.2) is 4.79 Å². The van der Waals surface area contributed by atoms with E-state index in [9.17, 15) is 9.59 Å². The SMILES string of the molecule is CCC(C)(CC(=O)OC)N(C)C(=O)OC(C)(C)C. The summed E-state index contributed by atoms with van der Waals surface area (Å²) in [6.07, 6.45) is 0.351. The lowest BCUT2D eigenvalue weighted by Gasteiger charge is -2.38. The Labute approximate surface area is 109 Å². The second-order valence-corrected chi connectivity index (χ2v) is 5.64. The maximum atomic E-state index is 12.0. The molecule has 1 unspecified atom stereocenters. The van der Waals surface area contributed by atoms with Crippen LogP contribution in [0.4, 0.5) is 4.79 Å². The fraction of sp³-hybridized carbons (Fsp3) is 0.846. The second kappa shape index (κ2) is 6.07. The van der Waals surface area contributed by atoms with Crippen LogP contribution >= 0.6 is 0 Å². The van der Waals surface area contributed by atoms with E-state index >= 15 is 0 Å². The van der Waals surface area contributed by atoms with E-state index in [4.69, 9.17) is 4.74 Å². The molecule has 0 saturated carbocycles. The summed E-state index contributed by atoms with van der Waals surface area (Å²) >= 11 is 0. The lowest BCUT2D eigenvalue weighted by atomic mass is 9.93. The van der Waals surface area contributed by atoms with E-state index in [-0.39, 0.29) is 12.4 Å². The van der Waals surface area contributed by atoms with Crippen molar-refractivity contribution in [2.45, 2.75) is 58.6 Å². The summed E-state index contributed by atoms with van der Waals surface area (Å²) in [4.78, 5) is 24.9. The predicted octanol–water partition coefficient (Wildman–Crippen LogP) is 2.59. The number of amides is 1. The smallest absolute Gasteiger partial charge is 0.410 e. The Bertz CT molecular complexity index is 309. The average Bonchev–Trinajstić information content (AvgIpc) is 2.25. The number of methoxy groups -OCH3 is 1. The zero-order valence-electron chi connectivity index (χ0n) is 12.5. The molecule has 5 heteroatoms. The van der Waals surface area contributed by atoms with Crippen molar-refractivity contribution in [3.05, 3.63) is 0 Å². The third-order valence-electron chi connectivity index (χ3n) is 2.99. The number of carbonyl (C=O) groups excluding carboxylic acids is 2. The molecule has 0 aromatic rings. The molecule has 1 atom stereocenters. The summed E-state index contributed by atoms with van der Waals surface area (Å²) < 4.78 is 9.96. The first kappa shape index (κ1) is 16.7. The Kier molecular flexibility index (Phi) is 5.64. The molecule has 0 N–H and O–H groups in total. The van der Waals surface area contributed by atoms with E-state index in [1.807, 2.05) is 34.6 Å². The minimum atomic E-state index is -0.602. The predicted molar refractivity (Wildman–Crippen MR) is 69.3 cm³/mol. The molecule has 0 aliphatic heterocycles. The van der Waals surface area contributed by atoms with Gasteiger partial charge in [-0.15, -0.1) is 0 Å². The van der Waals surface area contributed by atoms with Crippen molar-refractivity contribution in [1.82, 2.24) is 4.90 Å². The Hall–Kier alpha value is -1.26. The molecule has 0 heterocycles. The Balaban J connectivity index is 4.83. The molecule has 0 aliphatic carbocycles. The van der Waals surface area contributed by atoms with Gasteiger partial charge in [-0.1, -0.05) is 6.92 Å². The molecular weight excluding hydrogens is 234 g/mol. The van der Waals surface area contributed by atoms with Gasteiger partial charge < -0.3 is 14.4 Å². The standard InChI is InChI=1S/C13H25NO4/c1-8-13(5,9-10(15)17-7)14(6)11(16)18-12(2,3)4/h8-9H2,1-7H3. The highest BCUT2D eigenvalue weighted by atomic mass is 16.6. The van der Waals surface area contributed by atoms with E-state index in [0.717, 1.165) is 0 Å². The zero-order chi connectivity index (χ0) is 14.6. The molecule has 0 aromatic heterocycles. The number of nitrogens with zero attached hydrogens (tertiary/aromatic N) is 1. The monoisotopic (exact) mass is 259 g/mol. The van der Waals surface area contributed by atoms with Crippen molar-refractivity contribution in [1.29, 1.82) is 0 Å². The highest BCUT2D eigenvalue weighted by Gasteiger charge is 2.36. The number of esters is 1. The number of carbonyl (C=O) groups is 2. The van der Waals surface area contributed by atoms with Crippen molar-refractivity contribution in [3.8, 4) is 0 Å². The average molecular weight is 259 g/mol. The van der Waals surface area contributed by atoms with Crippen LogP contribution in [0, 0.1) is 0 Å². The molecule has 0 rings (SSSR count). The normalized spacial score (nSPS) is 14.6. The van der Waals surface area contributed by atoms with Gasteiger partial charge in [-0.3, -0.25) is 4.79 Å². The maximum Gasteiger partial charge on any atom is 0.410 e. The molecule has 18 heavy (non-hydrogen) atoms. The number of hydrogen-bond donors (Lipinski definition) is 0. The molecule has 0 saturated heterocycles. The van der Waals surface area contributed by atoms with Crippen LogP contribution in [0.15, 0.2) is 0 Å². The van der Waals surface area contributed by atoms with Gasteiger partial charge in [0.2, 0.25) is 0 Å². The van der Waals surface area contributed by atoms with Crippen molar-refractivity contribution >= 4 is 12.1 Å². The zero-order valence-corrected chi connectivity index (χ0v) is 12.5. The van der Waals surface area contributed by atoms with Crippen LogP contribution in [0.5, 0.6) is 0 Å². The van der Waals surface area contributed by atoms with E-state index in [1.165, 1.54) is 12.0 Å². The first-order chi connectivity index (χ1) is 8.05. The molecule has 1 amide bonds. The van der Waals surface area contributed by atoms with Gasteiger partial charge in [0.15, 0.2) is 0 Å². The van der Waals surface area contributed by atoms with Crippen molar-refractivity contribution in [2.75, 3.05) is 14.2 Å². The first-order valence-electron chi connectivity index (χ1n) is 6.09. The summed E-state index contributed by atoms with van der Waals surface area (Å²) in [5, 5.41) is 0. The van der Waals surface area contributed by atoms with Crippen LogP contribution in [-0.4, -0.2) is 42.3 Å².